The van der Waals surface area contributed by atoms with Crippen molar-refractivity contribution in [1.82, 2.24) is 0 Å². The van der Waals surface area contributed by atoms with E-state index in [1.165, 1.54) is 50.7 Å². The Bertz CT molecular complexity index is 464. The normalized spacial score (nSPS) is 22.1. The zero-order valence-corrected chi connectivity index (χ0v) is 12.7. The molecule has 2 aliphatic rings. The number of nitrogens with one attached hydrogen (secondary N) is 1. The van der Waals surface area contributed by atoms with Crippen molar-refractivity contribution in [1.29, 1.82) is 0 Å². The average Bonchev–Trinajstić information content (AvgIpc) is 2.42. The van der Waals surface area contributed by atoms with Crippen LogP contribution in [0.2, 0.25) is 4.31 Å². The van der Waals surface area contributed by atoms with Crippen molar-refractivity contribution in [2.24, 2.45) is 4.99 Å². The van der Waals surface area contributed by atoms with Gasteiger partial charge in [0.25, 0.3) is 0 Å². The summed E-state index contributed by atoms with van der Waals surface area (Å²) in [6, 6.07) is 6.57. The Morgan fingerprint density at radius 3 is 2.53 bits per heavy atom. The van der Waals surface area contributed by atoms with Gasteiger partial charge in [0.1, 0.15) is 0 Å². The van der Waals surface area contributed by atoms with Gasteiger partial charge in [0.05, 0.1) is 0 Å². The second kappa shape index (κ2) is 5.64. The summed E-state index contributed by atoms with van der Waals surface area (Å²) in [5.41, 5.74) is 0.954. The molecule has 1 saturated carbocycles. The summed E-state index contributed by atoms with van der Waals surface area (Å²) in [4.78, 5) is 4.64. The van der Waals surface area contributed by atoms with E-state index in [2.05, 4.69) is 10.3 Å². The third-order valence-electron chi connectivity index (χ3n) is 4.00. The first-order valence-corrected chi connectivity index (χ1v) is 8.73. The van der Waals surface area contributed by atoms with Crippen LogP contribution in [0, 0.1) is 5.82 Å². The summed E-state index contributed by atoms with van der Waals surface area (Å²) in [6.07, 6.45) is 8.17. The maximum absolute atomic E-state index is 12.9. The van der Waals surface area contributed by atoms with Gasteiger partial charge in [-0.25, -0.2) is 0 Å². The molecule has 2 nitrogen and oxygen atoms in total. The van der Waals surface area contributed by atoms with Gasteiger partial charge >= 0.3 is 120 Å². The molecule has 1 aliphatic heterocycles. The van der Waals surface area contributed by atoms with Crippen LogP contribution in [0.15, 0.2) is 29.3 Å². The molecule has 102 valence electrons. The van der Waals surface area contributed by atoms with Gasteiger partial charge in [0.15, 0.2) is 0 Å². The predicted octanol–water partition coefficient (Wildman–Crippen LogP) is 3.82. The Labute approximate surface area is 120 Å². The van der Waals surface area contributed by atoms with E-state index >= 15 is 0 Å². The molecule has 1 aliphatic carbocycles. The second-order valence-electron chi connectivity index (χ2n) is 5.41. The predicted molar refractivity (Wildman–Crippen MR) is 78.5 cm³/mol. The summed E-state index contributed by atoms with van der Waals surface area (Å²) in [5, 5.41) is 3.39. The van der Waals surface area contributed by atoms with Crippen LogP contribution in [0.5, 0.6) is 0 Å². The number of rotatable bonds is 1. The molecular weight excluding hydrogens is 306 g/mol. The third kappa shape index (κ3) is 3.18. The van der Waals surface area contributed by atoms with Gasteiger partial charge < -0.3 is 0 Å². The van der Waals surface area contributed by atoms with E-state index in [-0.39, 0.29) is 5.82 Å². The number of halogens is 1. The molecule has 0 unspecified atom stereocenters. The zero-order valence-electron chi connectivity index (χ0n) is 11.0. The first-order valence-electron chi connectivity index (χ1n) is 7.02. The number of amidine groups is 1. The molecule has 0 saturated heterocycles. The minimum absolute atomic E-state index is 0.189. The molecule has 1 N–H and O–H groups in total. The van der Waals surface area contributed by atoms with Crippen LogP contribution in [-0.2, 0) is 0 Å². The molecule has 19 heavy (non-hydrogen) atoms. The van der Waals surface area contributed by atoms with Gasteiger partial charge in [0.2, 0.25) is 0 Å². The summed E-state index contributed by atoms with van der Waals surface area (Å²) < 4.78 is 14.6. The number of hydrogen-bond acceptors (Lipinski definition) is 2. The van der Waals surface area contributed by atoms with Crippen LogP contribution in [-0.4, -0.2) is 26.2 Å². The second-order valence-corrected chi connectivity index (χ2v) is 8.47. The van der Waals surface area contributed by atoms with Crippen molar-refractivity contribution >= 4 is 25.4 Å². The minimum atomic E-state index is -0.189. The molecule has 0 atom stereocenters. The van der Waals surface area contributed by atoms with Gasteiger partial charge in [-0.2, -0.15) is 0 Å². The van der Waals surface area contributed by atoms with E-state index < -0.39 is 0 Å². The van der Waals surface area contributed by atoms with Gasteiger partial charge in [-0.1, -0.05) is 0 Å². The average molecular weight is 325 g/mol. The standard InChI is InChI=1S/C15H19FN2Se/c16-12-4-6-13(7-5-12)18-14-17-11-10-15(19-14)8-2-1-3-9-15/h4-7H,1-3,8-11H2,(H,17,18). The molecule has 4 heteroatoms. The molecule has 1 spiro atoms. The summed E-state index contributed by atoms with van der Waals surface area (Å²) >= 11 is 0.431. The van der Waals surface area contributed by atoms with Crippen molar-refractivity contribution in [3.8, 4) is 0 Å². The topological polar surface area (TPSA) is 24.4 Å². The van der Waals surface area contributed by atoms with Crippen LogP contribution in [0.1, 0.15) is 38.5 Å². The molecule has 1 aromatic rings. The number of anilines is 1. The van der Waals surface area contributed by atoms with Gasteiger partial charge in [-0.05, 0) is 0 Å². The van der Waals surface area contributed by atoms with Gasteiger partial charge in [-0.3, -0.25) is 0 Å². The van der Waals surface area contributed by atoms with Gasteiger partial charge in [0, 0.05) is 0 Å². The quantitative estimate of drug-likeness (QED) is 0.780. The number of aliphatic imine (C=N–C) groups is 1. The first kappa shape index (κ1) is 13.1. The van der Waals surface area contributed by atoms with E-state index in [0.717, 1.165) is 17.0 Å². The van der Waals surface area contributed by atoms with E-state index in [9.17, 15) is 4.39 Å². The molecule has 0 amide bonds. The molecule has 1 fully saturated rings. The van der Waals surface area contributed by atoms with Crippen molar-refractivity contribution in [2.45, 2.75) is 42.8 Å². The monoisotopic (exact) mass is 326 g/mol. The Morgan fingerprint density at radius 1 is 1.05 bits per heavy atom. The fourth-order valence-electron chi connectivity index (χ4n) is 2.92. The van der Waals surface area contributed by atoms with Crippen LogP contribution in [0.3, 0.4) is 0 Å². The van der Waals surface area contributed by atoms with Crippen molar-refractivity contribution in [3.05, 3.63) is 30.1 Å². The Kier molecular flexibility index (Phi) is 3.90. The van der Waals surface area contributed by atoms with Crippen molar-refractivity contribution in [2.75, 3.05) is 11.9 Å². The maximum atomic E-state index is 12.9. The zero-order chi connectivity index (χ0) is 13.1. The SMILES string of the molecule is Fc1ccc(NC2=NCCC3(CCCCC3)[Se]2)cc1. The fraction of sp³-hybridized carbons (Fsp3) is 0.533. The number of benzene rings is 1. The molecule has 3 rings (SSSR count). The van der Waals surface area contributed by atoms with E-state index in [0.29, 0.717) is 19.3 Å². The molecule has 1 aromatic carbocycles. The fourth-order valence-corrected chi connectivity index (χ4v) is 5.90. The van der Waals surface area contributed by atoms with Gasteiger partial charge in [-0.15, -0.1) is 0 Å². The molecule has 0 bridgehead atoms. The number of nitrogens with zero attached hydrogens (tertiary/aromatic N) is 1. The van der Waals surface area contributed by atoms with Crippen LogP contribution < -0.4 is 5.32 Å². The summed E-state index contributed by atoms with van der Waals surface area (Å²) in [6.45, 7) is 0.950. The summed E-state index contributed by atoms with van der Waals surface area (Å²) in [5.74, 6) is -0.189. The number of hydrogen-bond donors (Lipinski definition) is 1. The summed E-state index contributed by atoms with van der Waals surface area (Å²) in [7, 11) is 0. The Morgan fingerprint density at radius 2 is 1.79 bits per heavy atom. The van der Waals surface area contributed by atoms with Crippen molar-refractivity contribution in [3.63, 3.8) is 0 Å². The van der Waals surface area contributed by atoms with Crippen LogP contribution in [0.25, 0.3) is 0 Å². The van der Waals surface area contributed by atoms with Crippen molar-refractivity contribution < 1.29 is 4.39 Å². The molecule has 0 aromatic heterocycles. The Hall–Kier alpha value is -0.861. The van der Waals surface area contributed by atoms with Crippen LogP contribution in [0.4, 0.5) is 10.1 Å². The molecule has 1 heterocycles. The van der Waals surface area contributed by atoms with Crippen LogP contribution >= 0.6 is 0 Å². The molecular formula is C15H19FN2Se. The third-order valence-corrected chi connectivity index (χ3v) is 7.08. The first-order chi connectivity index (χ1) is 9.26. The Balaban J connectivity index is 1.68. The van der Waals surface area contributed by atoms with E-state index in [4.69, 9.17) is 0 Å². The van der Waals surface area contributed by atoms with E-state index in [1.54, 1.807) is 12.1 Å². The van der Waals surface area contributed by atoms with E-state index in [1.807, 2.05) is 0 Å². The molecule has 0 radical (unpaired) electrons.